The van der Waals surface area contributed by atoms with Gasteiger partial charge in [0.2, 0.25) is 0 Å². The Balaban J connectivity index is 1.56. The second-order valence-corrected chi connectivity index (χ2v) is 5.04. The number of hydrogen-bond acceptors (Lipinski definition) is 5. The highest BCUT2D eigenvalue weighted by molar-refractivity contribution is 5.88. The largest absolute Gasteiger partial charge is 0.491 e. The molecule has 0 aliphatic heterocycles. The van der Waals surface area contributed by atoms with Gasteiger partial charge in [0.15, 0.2) is 0 Å². The maximum atomic E-state index is 12.8. The number of aliphatic hydroxyl groups excluding tert-OH is 1. The Kier molecular flexibility index (Phi) is 4.63. The lowest BCUT2D eigenvalue weighted by atomic mass is 10.2. The average Bonchev–Trinajstić information content (AvgIpc) is 2.59. The molecule has 118 valence electrons. The minimum atomic E-state index is -0.728. The number of aromatic nitrogens is 2. The molecule has 0 amide bonds. The molecule has 0 aliphatic carbocycles. The third-order valence-electron chi connectivity index (χ3n) is 3.30. The van der Waals surface area contributed by atoms with E-state index in [0.717, 1.165) is 10.9 Å². The van der Waals surface area contributed by atoms with Gasteiger partial charge in [-0.3, -0.25) is 0 Å². The fourth-order valence-electron chi connectivity index (χ4n) is 2.14. The molecule has 3 rings (SSSR count). The third-order valence-corrected chi connectivity index (χ3v) is 3.30. The van der Waals surface area contributed by atoms with Crippen molar-refractivity contribution in [1.29, 1.82) is 0 Å². The highest BCUT2D eigenvalue weighted by Crippen LogP contribution is 2.18. The molecule has 0 fully saturated rings. The topological polar surface area (TPSA) is 67.3 Å². The second kappa shape index (κ2) is 7.02. The Labute approximate surface area is 132 Å². The van der Waals surface area contributed by atoms with E-state index < -0.39 is 6.10 Å². The van der Waals surface area contributed by atoms with Crippen LogP contribution in [0.4, 0.5) is 10.2 Å². The van der Waals surface area contributed by atoms with Gasteiger partial charge >= 0.3 is 0 Å². The van der Waals surface area contributed by atoms with Gasteiger partial charge in [-0.15, -0.1) is 0 Å². The monoisotopic (exact) mass is 313 g/mol. The Morgan fingerprint density at radius 3 is 2.70 bits per heavy atom. The van der Waals surface area contributed by atoms with Crippen LogP contribution in [0.5, 0.6) is 5.75 Å². The van der Waals surface area contributed by atoms with Crippen LogP contribution in [0.1, 0.15) is 0 Å². The van der Waals surface area contributed by atoms with Gasteiger partial charge in [0.25, 0.3) is 0 Å². The quantitative estimate of drug-likeness (QED) is 0.732. The first kappa shape index (κ1) is 15.2. The summed E-state index contributed by atoms with van der Waals surface area (Å²) >= 11 is 0. The Morgan fingerprint density at radius 2 is 1.87 bits per heavy atom. The van der Waals surface area contributed by atoms with E-state index in [9.17, 15) is 9.50 Å². The highest BCUT2D eigenvalue weighted by Gasteiger charge is 2.08. The maximum Gasteiger partial charge on any atom is 0.137 e. The molecule has 1 unspecified atom stereocenters. The molecule has 0 spiro atoms. The number of rotatable bonds is 6. The van der Waals surface area contributed by atoms with Crippen molar-refractivity contribution in [2.45, 2.75) is 6.10 Å². The van der Waals surface area contributed by atoms with E-state index >= 15 is 0 Å². The van der Waals surface area contributed by atoms with Gasteiger partial charge in [-0.05, 0) is 36.4 Å². The molecule has 0 aliphatic rings. The van der Waals surface area contributed by atoms with Crippen molar-refractivity contribution in [2.75, 3.05) is 18.5 Å². The molecule has 6 heteroatoms. The summed E-state index contributed by atoms with van der Waals surface area (Å²) in [4.78, 5) is 8.37. The van der Waals surface area contributed by atoms with Crippen LogP contribution in [0.2, 0.25) is 0 Å². The number of para-hydroxylation sites is 1. The highest BCUT2D eigenvalue weighted by atomic mass is 19.1. The fourth-order valence-corrected chi connectivity index (χ4v) is 2.14. The molecule has 2 aromatic carbocycles. The second-order valence-electron chi connectivity index (χ2n) is 5.04. The van der Waals surface area contributed by atoms with Gasteiger partial charge in [0.05, 0.1) is 5.52 Å². The van der Waals surface area contributed by atoms with E-state index in [1.165, 1.54) is 30.6 Å². The molecule has 0 bridgehead atoms. The fraction of sp³-hybridized carbons (Fsp3) is 0.176. The number of hydrogen-bond donors (Lipinski definition) is 2. The molecule has 0 saturated heterocycles. The van der Waals surface area contributed by atoms with Crippen molar-refractivity contribution in [2.24, 2.45) is 0 Å². The molecule has 3 aromatic rings. The van der Waals surface area contributed by atoms with E-state index in [2.05, 4.69) is 15.3 Å². The Hall–Kier alpha value is -2.73. The number of nitrogens with zero attached hydrogens (tertiary/aromatic N) is 2. The summed E-state index contributed by atoms with van der Waals surface area (Å²) in [5.41, 5.74) is 0.835. The lowest BCUT2D eigenvalue weighted by Gasteiger charge is -2.14. The number of aliphatic hydroxyl groups is 1. The standard InChI is InChI=1S/C17H16FN3O2/c18-12-5-7-14(8-6-12)23-10-13(22)9-19-17-15-3-1-2-4-16(15)20-11-21-17/h1-8,11,13,22H,9-10H2,(H,19,20,21). The smallest absolute Gasteiger partial charge is 0.137 e. The number of fused-ring (bicyclic) bond motifs is 1. The first-order valence-electron chi connectivity index (χ1n) is 7.22. The number of halogens is 1. The van der Waals surface area contributed by atoms with E-state index in [1.54, 1.807) is 0 Å². The summed E-state index contributed by atoms with van der Waals surface area (Å²) in [7, 11) is 0. The molecule has 2 N–H and O–H groups in total. The van der Waals surface area contributed by atoms with Crippen molar-refractivity contribution in [3.05, 3.63) is 60.7 Å². The SMILES string of the molecule is OC(CNc1ncnc2ccccc12)COc1ccc(F)cc1. The van der Waals surface area contributed by atoms with Gasteiger partial charge in [-0.25, -0.2) is 14.4 Å². The van der Waals surface area contributed by atoms with E-state index in [0.29, 0.717) is 11.6 Å². The first-order valence-corrected chi connectivity index (χ1v) is 7.22. The van der Waals surface area contributed by atoms with Crippen LogP contribution >= 0.6 is 0 Å². The summed E-state index contributed by atoms with van der Waals surface area (Å²) in [5, 5.41) is 14.0. The van der Waals surface area contributed by atoms with Gasteiger partial charge in [0.1, 0.15) is 36.4 Å². The van der Waals surface area contributed by atoms with Crippen LogP contribution in [0, 0.1) is 5.82 Å². The van der Waals surface area contributed by atoms with Gasteiger partial charge in [-0.2, -0.15) is 0 Å². The van der Waals surface area contributed by atoms with Crippen molar-refractivity contribution in [3.8, 4) is 5.75 Å². The van der Waals surface area contributed by atoms with Crippen molar-refractivity contribution >= 4 is 16.7 Å². The van der Waals surface area contributed by atoms with Gasteiger partial charge < -0.3 is 15.2 Å². The number of ether oxygens (including phenoxy) is 1. The summed E-state index contributed by atoms with van der Waals surface area (Å²) in [6, 6.07) is 13.3. The maximum absolute atomic E-state index is 12.8. The molecule has 5 nitrogen and oxygen atoms in total. The van der Waals surface area contributed by atoms with Crippen molar-refractivity contribution in [3.63, 3.8) is 0 Å². The molecular formula is C17H16FN3O2. The predicted molar refractivity (Wildman–Crippen MR) is 85.9 cm³/mol. The minimum absolute atomic E-state index is 0.0989. The third kappa shape index (κ3) is 3.92. The number of nitrogens with one attached hydrogen (secondary N) is 1. The van der Waals surface area contributed by atoms with E-state index in [4.69, 9.17) is 4.74 Å². The molecule has 1 aromatic heterocycles. The first-order chi connectivity index (χ1) is 11.2. The lowest BCUT2D eigenvalue weighted by Crippen LogP contribution is -2.26. The predicted octanol–water partition coefficient (Wildman–Crippen LogP) is 2.62. The number of anilines is 1. The van der Waals surface area contributed by atoms with Crippen LogP contribution in [0.25, 0.3) is 10.9 Å². The van der Waals surface area contributed by atoms with Crippen molar-refractivity contribution in [1.82, 2.24) is 9.97 Å². The van der Waals surface area contributed by atoms with Gasteiger partial charge in [0, 0.05) is 11.9 Å². The summed E-state index contributed by atoms with van der Waals surface area (Å²) < 4.78 is 18.2. The zero-order valence-corrected chi connectivity index (χ0v) is 12.3. The van der Waals surface area contributed by atoms with Crippen LogP contribution in [-0.4, -0.2) is 34.3 Å². The zero-order chi connectivity index (χ0) is 16.1. The van der Waals surface area contributed by atoms with Crippen LogP contribution in [0.3, 0.4) is 0 Å². The molecule has 23 heavy (non-hydrogen) atoms. The van der Waals surface area contributed by atoms with Crippen LogP contribution in [-0.2, 0) is 0 Å². The molecule has 1 atom stereocenters. The average molecular weight is 313 g/mol. The molecular weight excluding hydrogens is 297 g/mol. The van der Waals surface area contributed by atoms with Gasteiger partial charge in [-0.1, -0.05) is 12.1 Å². The summed E-state index contributed by atoms with van der Waals surface area (Å²) in [5.74, 6) is 0.851. The molecule has 0 radical (unpaired) electrons. The zero-order valence-electron chi connectivity index (χ0n) is 12.3. The lowest BCUT2D eigenvalue weighted by molar-refractivity contribution is 0.117. The Bertz CT molecular complexity index is 775. The van der Waals surface area contributed by atoms with E-state index in [-0.39, 0.29) is 19.0 Å². The molecule has 1 heterocycles. The summed E-state index contributed by atoms with van der Waals surface area (Å²) in [6.45, 7) is 0.379. The van der Waals surface area contributed by atoms with E-state index in [1.807, 2.05) is 24.3 Å². The normalized spacial score (nSPS) is 12.1. The number of benzene rings is 2. The Morgan fingerprint density at radius 1 is 1.09 bits per heavy atom. The molecule has 0 saturated carbocycles. The van der Waals surface area contributed by atoms with Crippen LogP contribution < -0.4 is 10.1 Å². The van der Waals surface area contributed by atoms with Crippen LogP contribution in [0.15, 0.2) is 54.9 Å². The van der Waals surface area contributed by atoms with Crippen molar-refractivity contribution < 1.29 is 14.2 Å². The summed E-state index contributed by atoms with van der Waals surface area (Å²) in [6.07, 6.45) is 0.750. The minimum Gasteiger partial charge on any atom is -0.491 e.